The van der Waals surface area contributed by atoms with Gasteiger partial charge >= 0.3 is 11.9 Å². The van der Waals surface area contributed by atoms with Crippen LogP contribution < -0.4 is 0 Å². The summed E-state index contributed by atoms with van der Waals surface area (Å²) in [5, 5.41) is 0. The lowest BCUT2D eigenvalue weighted by atomic mass is 10.1. The normalized spacial score (nSPS) is 10.6. The fourth-order valence-electron chi connectivity index (χ4n) is 3.21. The summed E-state index contributed by atoms with van der Waals surface area (Å²) in [6.45, 7) is 8.33. The number of hydrogen-bond donors (Lipinski definition) is 0. The lowest BCUT2D eigenvalue weighted by molar-refractivity contribution is -0.143. The summed E-state index contributed by atoms with van der Waals surface area (Å²) >= 11 is 1.65. The minimum atomic E-state index is -0.0978. The van der Waals surface area contributed by atoms with E-state index in [4.69, 9.17) is 9.47 Å². The molecule has 0 bridgehead atoms. The average molecular weight is 455 g/mol. The number of carbonyl (C=O) groups is 2. The molecule has 0 saturated carbocycles. The van der Waals surface area contributed by atoms with Crippen LogP contribution in [-0.2, 0) is 19.1 Å². The zero-order chi connectivity index (χ0) is 22.8. The zero-order valence-electron chi connectivity index (χ0n) is 19.8. The standard InChI is InChI=1S/C26H46O4S/c1-3-5-7-9-11-13-15-17-19-25(27)29-21-23-31-24-22-30-26(28)20-18-16-14-12-10-8-6-4-2/h3-4H,1-2,5-24H2. The highest BCUT2D eigenvalue weighted by Gasteiger charge is 2.04. The van der Waals surface area contributed by atoms with Crippen molar-refractivity contribution in [1.82, 2.24) is 0 Å². The number of thioether (sulfide) groups is 1. The van der Waals surface area contributed by atoms with Crippen LogP contribution in [0.2, 0.25) is 0 Å². The van der Waals surface area contributed by atoms with E-state index in [2.05, 4.69) is 13.2 Å². The van der Waals surface area contributed by atoms with Crippen molar-refractivity contribution < 1.29 is 19.1 Å². The van der Waals surface area contributed by atoms with Crippen molar-refractivity contribution in [3.05, 3.63) is 25.3 Å². The summed E-state index contributed by atoms with van der Waals surface area (Å²) in [6, 6.07) is 0. The molecule has 0 N–H and O–H groups in total. The minimum Gasteiger partial charge on any atom is -0.465 e. The Morgan fingerprint density at radius 2 is 0.935 bits per heavy atom. The van der Waals surface area contributed by atoms with Crippen LogP contribution in [0, 0.1) is 0 Å². The third-order valence-corrected chi connectivity index (χ3v) is 5.97. The van der Waals surface area contributed by atoms with Crippen LogP contribution in [0.5, 0.6) is 0 Å². The average Bonchev–Trinajstić information content (AvgIpc) is 2.76. The topological polar surface area (TPSA) is 52.6 Å². The van der Waals surface area contributed by atoms with Gasteiger partial charge in [-0.05, 0) is 38.5 Å². The summed E-state index contributed by atoms with van der Waals surface area (Å²) in [4.78, 5) is 23.4. The molecule has 0 aliphatic heterocycles. The first-order chi connectivity index (χ1) is 15.2. The second-order valence-corrected chi connectivity index (χ2v) is 9.18. The Labute approximate surface area is 195 Å². The molecule has 4 nitrogen and oxygen atoms in total. The van der Waals surface area contributed by atoms with Crippen molar-refractivity contribution in [3.8, 4) is 0 Å². The molecule has 180 valence electrons. The van der Waals surface area contributed by atoms with Gasteiger partial charge in [-0.1, -0.05) is 63.5 Å². The molecule has 0 spiro atoms. The fourth-order valence-corrected chi connectivity index (χ4v) is 3.81. The van der Waals surface area contributed by atoms with Crippen molar-refractivity contribution in [2.24, 2.45) is 0 Å². The van der Waals surface area contributed by atoms with Gasteiger partial charge in [-0.25, -0.2) is 0 Å². The van der Waals surface area contributed by atoms with E-state index < -0.39 is 0 Å². The number of hydrogen-bond acceptors (Lipinski definition) is 5. The summed E-state index contributed by atoms with van der Waals surface area (Å²) in [6.07, 6.45) is 21.0. The van der Waals surface area contributed by atoms with Gasteiger partial charge in [0, 0.05) is 24.3 Å². The van der Waals surface area contributed by atoms with E-state index in [1.807, 2.05) is 12.2 Å². The van der Waals surface area contributed by atoms with Crippen molar-refractivity contribution in [2.45, 2.75) is 103 Å². The van der Waals surface area contributed by atoms with Crippen molar-refractivity contribution in [3.63, 3.8) is 0 Å². The van der Waals surface area contributed by atoms with Gasteiger partial charge in [-0.15, -0.1) is 13.2 Å². The SMILES string of the molecule is C=CCCCCCCCCC(=O)OCCSCCOC(=O)CCCCCCCCC=C. The number of allylic oxidation sites excluding steroid dienone is 2. The molecule has 0 aliphatic rings. The Balaban J connectivity index is 3.28. The van der Waals surface area contributed by atoms with Crippen LogP contribution in [0.4, 0.5) is 0 Å². The number of esters is 2. The maximum Gasteiger partial charge on any atom is 0.305 e. The van der Waals surface area contributed by atoms with Crippen molar-refractivity contribution in [2.75, 3.05) is 24.7 Å². The maximum atomic E-state index is 11.7. The van der Waals surface area contributed by atoms with E-state index in [0.29, 0.717) is 26.1 Å². The highest BCUT2D eigenvalue weighted by atomic mass is 32.2. The molecule has 0 radical (unpaired) electrons. The number of carbonyl (C=O) groups excluding carboxylic acids is 2. The van der Waals surface area contributed by atoms with Gasteiger partial charge in [0.25, 0.3) is 0 Å². The van der Waals surface area contributed by atoms with Gasteiger partial charge in [-0.2, -0.15) is 11.8 Å². The van der Waals surface area contributed by atoms with Gasteiger partial charge in [-0.3, -0.25) is 9.59 Å². The fraction of sp³-hybridized carbons (Fsp3) is 0.769. The van der Waals surface area contributed by atoms with E-state index in [1.165, 1.54) is 51.4 Å². The first-order valence-electron chi connectivity index (χ1n) is 12.3. The predicted octanol–water partition coefficient (Wildman–Crippen LogP) is 7.42. The Morgan fingerprint density at radius 3 is 1.32 bits per heavy atom. The molecule has 0 aromatic heterocycles. The van der Waals surface area contributed by atoms with Crippen LogP contribution in [0.15, 0.2) is 25.3 Å². The molecule has 0 aromatic carbocycles. The van der Waals surface area contributed by atoms with E-state index in [0.717, 1.165) is 50.0 Å². The van der Waals surface area contributed by atoms with Crippen LogP contribution >= 0.6 is 11.8 Å². The van der Waals surface area contributed by atoms with Crippen LogP contribution in [0.25, 0.3) is 0 Å². The van der Waals surface area contributed by atoms with Gasteiger partial charge < -0.3 is 9.47 Å². The Hall–Kier alpha value is -1.23. The highest BCUT2D eigenvalue weighted by Crippen LogP contribution is 2.11. The van der Waals surface area contributed by atoms with Crippen LogP contribution in [-0.4, -0.2) is 36.7 Å². The largest absolute Gasteiger partial charge is 0.465 e. The Bertz CT molecular complexity index is 411. The summed E-state index contributed by atoms with van der Waals surface area (Å²) < 4.78 is 10.5. The third kappa shape index (κ3) is 24.9. The molecule has 0 aromatic rings. The molecule has 0 fully saturated rings. The predicted molar refractivity (Wildman–Crippen MR) is 134 cm³/mol. The molecule has 31 heavy (non-hydrogen) atoms. The zero-order valence-corrected chi connectivity index (χ0v) is 20.6. The smallest absolute Gasteiger partial charge is 0.305 e. The molecule has 0 heterocycles. The molecule has 5 heteroatoms. The molecular formula is C26H46O4S. The second kappa shape index (κ2) is 25.0. The maximum absolute atomic E-state index is 11.7. The molecule has 0 amide bonds. The first kappa shape index (κ1) is 29.8. The molecule has 0 atom stereocenters. The Morgan fingerprint density at radius 1 is 0.581 bits per heavy atom. The van der Waals surface area contributed by atoms with E-state index >= 15 is 0 Å². The summed E-state index contributed by atoms with van der Waals surface area (Å²) in [7, 11) is 0. The van der Waals surface area contributed by atoms with E-state index in [-0.39, 0.29) is 11.9 Å². The molecule has 0 saturated heterocycles. The van der Waals surface area contributed by atoms with Gasteiger partial charge in [0.05, 0.1) is 0 Å². The van der Waals surface area contributed by atoms with Crippen molar-refractivity contribution >= 4 is 23.7 Å². The number of unbranched alkanes of at least 4 members (excludes halogenated alkanes) is 12. The van der Waals surface area contributed by atoms with Gasteiger partial charge in [0.15, 0.2) is 0 Å². The van der Waals surface area contributed by atoms with Crippen LogP contribution in [0.1, 0.15) is 103 Å². The monoisotopic (exact) mass is 454 g/mol. The highest BCUT2D eigenvalue weighted by molar-refractivity contribution is 7.99. The number of ether oxygens (including phenoxy) is 2. The van der Waals surface area contributed by atoms with Crippen molar-refractivity contribution in [1.29, 1.82) is 0 Å². The third-order valence-electron chi connectivity index (χ3n) is 5.06. The summed E-state index contributed by atoms with van der Waals surface area (Å²) in [5.41, 5.74) is 0. The quantitative estimate of drug-likeness (QED) is 0.0862. The molecular weight excluding hydrogens is 408 g/mol. The first-order valence-corrected chi connectivity index (χ1v) is 13.5. The van der Waals surface area contributed by atoms with E-state index in [9.17, 15) is 9.59 Å². The molecule has 0 aliphatic carbocycles. The van der Waals surface area contributed by atoms with Crippen LogP contribution in [0.3, 0.4) is 0 Å². The lowest BCUT2D eigenvalue weighted by Gasteiger charge is -2.06. The molecule has 0 unspecified atom stereocenters. The Kier molecular flexibility index (Phi) is 24.0. The number of rotatable bonds is 24. The van der Waals surface area contributed by atoms with Gasteiger partial charge in [0.2, 0.25) is 0 Å². The van der Waals surface area contributed by atoms with E-state index in [1.54, 1.807) is 11.8 Å². The second-order valence-electron chi connectivity index (χ2n) is 7.95. The van der Waals surface area contributed by atoms with Gasteiger partial charge in [0.1, 0.15) is 13.2 Å². The minimum absolute atomic E-state index is 0.0978. The molecule has 0 rings (SSSR count). The lowest BCUT2D eigenvalue weighted by Crippen LogP contribution is -2.09. The summed E-state index contributed by atoms with van der Waals surface area (Å²) in [5.74, 6) is 1.30.